The van der Waals surface area contributed by atoms with Crippen molar-refractivity contribution < 1.29 is 0 Å². The van der Waals surface area contributed by atoms with Gasteiger partial charge in [0.2, 0.25) is 0 Å². The number of benzene rings is 6. The van der Waals surface area contributed by atoms with Crippen molar-refractivity contribution in [3.63, 3.8) is 0 Å². The molecule has 0 amide bonds. The van der Waals surface area contributed by atoms with E-state index in [1.165, 1.54) is 61.7 Å². The van der Waals surface area contributed by atoms with Gasteiger partial charge < -0.3 is 9.80 Å². The summed E-state index contributed by atoms with van der Waals surface area (Å²) >= 11 is 0. The van der Waals surface area contributed by atoms with Gasteiger partial charge in [0.25, 0.3) is 0 Å². The summed E-state index contributed by atoms with van der Waals surface area (Å²) < 4.78 is 0. The van der Waals surface area contributed by atoms with Crippen LogP contribution in [-0.4, -0.2) is 0 Å². The van der Waals surface area contributed by atoms with Gasteiger partial charge in [-0.3, -0.25) is 0 Å². The van der Waals surface area contributed by atoms with Crippen molar-refractivity contribution in [2.75, 3.05) is 9.80 Å². The lowest BCUT2D eigenvalue weighted by Crippen LogP contribution is -2.32. The van der Waals surface area contributed by atoms with Gasteiger partial charge in [-0.05, 0) is 108 Å². The minimum Gasteiger partial charge on any atom is -0.317 e. The third-order valence-electron chi connectivity index (χ3n) is 10.8. The van der Waals surface area contributed by atoms with Crippen LogP contribution in [-0.2, 0) is 5.41 Å². The van der Waals surface area contributed by atoms with E-state index in [0.717, 1.165) is 30.6 Å². The molecule has 0 spiro atoms. The first-order valence-electron chi connectivity index (χ1n) is 18.0. The van der Waals surface area contributed by atoms with E-state index in [2.05, 4.69) is 205 Å². The molecule has 2 nitrogen and oxygen atoms in total. The first kappa shape index (κ1) is 30.9. The van der Waals surface area contributed by atoms with E-state index in [9.17, 15) is 0 Å². The van der Waals surface area contributed by atoms with Crippen LogP contribution in [0.5, 0.6) is 0 Å². The molecule has 1 unspecified atom stereocenters. The van der Waals surface area contributed by atoms with Gasteiger partial charge in [-0.1, -0.05) is 146 Å². The highest BCUT2D eigenvalue weighted by molar-refractivity contribution is 5.81. The third-order valence-corrected chi connectivity index (χ3v) is 10.8. The van der Waals surface area contributed by atoms with Crippen molar-refractivity contribution in [3.8, 4) is 22.3 Å². The zero-order valence-electron chi connectivity index (χ0n) is 28.9. The standard InChI is InChI=1S/C49H40N2/c1-49-34-33-45(35-48(49)51(47-20-12-11-19-46(47)49)44-31-27-40(28-32-44)37-15-7-3-8-16-37)50(42-17-9-4-10-18-42)43-29-25-41(26-30-43)39-23-21-38(22-24-39)36-13-5-2-6-14-36/h2-27,29-31,33,35H,28,32,34H2,1H3. The maximum Gasteiger partial charge on any atom is 0.0497 e. The number of hydrogen-bond donors (Lipinski definition) is 0. The summed E-state index contributed by atoms with van der Waals surface area (Å²) in [6, 6.07) is 59.1. The number of nitrogens with zero attached hydrogens (tertiary/aromatic N) is 2. The Bertz CT molecular complexity index is 2310. The van der Waals surface area contributed by atoms with Crippen LogP contribution in [0.25, 0.3) is 27.8 Å². The molecule has 1 heterocycles. The van der Waals surface area contributed by atoms with E-state index in [4.69, 9.17) is 0 Å². The summed E-state index contributed by atoms with van der Waals surface area (Å²) in [5.41, 5.74) is 16.4. The highest BCUT2D eigenvalue weighted by Crippen LogP contribution is 2.55. The molecule has 51 heavy (non-hydrogen) atoms. The fourth-order valence-electron chi connectivity index (χ4n) is 8.08. The lowest BCUT2D eigenvalue weighted by atomic mass is 9.76. The minimum atomic E-state index is -0.109. The largest absolute Gasteiger partial charge is 0.317 e. The van der Waals surface area contributed by atoms with Crippen LogP contribution in [0, 0.1) is 0 Å². The molecule has 0 aromatic heterocycles. The Balaban J connectivity index is 1.08. The van der Waals surface area contributed by atoms with Crippen LogP contribution >= 0.6 is 0 Å². The molecule has 246 valence electrons. The fourth-order valence-corrected chi connectivity index (χ4v) is 8.08. The molecule has 6 aromatic carbocycles. The predicted octanol–water partition coefficient (Wildman–Crippen LogP) is 12.9. The number of hydrogen-bond acceptors (Lipinski definition) is 2. The quantitative estimate of drug-likeness (QED) is 0.169. The fraction of sp³-hybridized carbons (Fsp3) is 0.102. The molecular weight excluding hydrogens is 617 g/mol. The first-order valence-corrected chi connectivity index (χ1v) is 18.0. The Morgan fingerprint density at radius 3 is 1.67 bits per heavy atom. The smallest absolute Gasteiger partial charge is 0.0497 e. The maximum atomic E-state index is 2.56. The van der Waals surface area contributed by atoms with E-state index in [-0.39, 0.29) is 5.41 Å². The number of para-hydroxylation sites is 2. The van der Waals surface area contributed by atoms with E-state index in [0.29, 0.717) is 0 Å². The number of fused-ring (bicyclic) bond motifs is 3. The van der Waals surface area contributed by atoms with Gasteiger partial charge in [-0.15, -0.1) is 0 Å². The number of anilines is 3. The average Bonchev–Trinajstić information content (AvgIpc) is 3.47. The molecule has 3 aliphatic rings. The maximum absolute atomic E-state index is 2.56. The van der Waals surface area contributed by atoms with Gasteiger partial charge in [0, 0.05) is 39.6 Å². The molecule has 2 aliphatic carbocycles. The van der Waals surface area contributed by atoms with Crippen LogP contribution in [0.4, 0.5) is 17.1 Å². The summed E-state index contributed by atoms with van der Waals surface area (Å²) in [6.07, 6.45) is 12.5. The minimum absolute atomic E-state index is 0.109. The topological polar surface area (TPSA) is 6.48 Å². The third kappa shape index (κ3) is 5.63. The van der Waals surface area contributed by atoms with Gasteiger partial charge in [0.15, 0.2) is 0 Å². The zero-order chi connectivity index (χ0) is 34.2. The van der Waals surface area contributed by atoms with Crippen molar-refractivity contribution in [3.05, 3.63) is 216 Å². The molecule has 0 saturated carbocycles. The van der Waals surface area contributed by atoms with Crippen molar-refractivity contribution in [1.82, 2.24) is 0 Å². The van der Waals surface area contributed by atoms with Crippen LogP contribution in [0.1, 0.15) is 37.3 Å². The molecule has 6 aromatic rings. The normalized spacial score (nSPS) is 17.8. The van der Waals surface area contributed by atoms with Crippen molar-refractivity contribution in [1.29, 1.82) is 0 Å². The lowest BCUT2D eigenvalue weighted by molar-refractivity contribution is 0.568. The van der Waals surface area contributed by atoms with E-state index in [1.54, 1.807) is 0 Å². The summed E-state index contributed by atoms with van der Waals surface area (Å²) in [4.78, 5) is 4.98. The molecule has 9 rings (SSSR count). The molecule has 1 atom stereocenters. The predicted molar refractivity (Wildman–Crippen MR) is 215 cm³/mol. The molecule has 1 aliphatic heterocycles. The molecule has 2 heteroatoms. The lowest BCUT2D eigenvalue weighted by Gasteiger charge is -2.37. The van der Waals surface area contributed by atoms with Gasteiger partial charge in [0.1, 0.15) is 0 Å². The highest BCUT2D eigenvalue weighted by atomic mass is 15.2. The summed E-state index contributed by atoms with van der Waals surface area (Å²) in [5.74, 6) is 0. The van der Waals surface area contributed by atoms with Gasteiger partial charge >= 0.3 is 0 Å². The molecule has 0 saturated heterocycles. The van der Waals surface area contributed by atoms with Crippen LogP contribution in [0.15, 0.2) is 205 Å². The average molecular weight is 657 g/mol. The summed E-state index contributed by atoms with van der Waals surface area (Å²) in [6.45, 7) is 2.42. The molecule has 0 bridgehead atoms. The molecule has 0 N–H and O–H groups in total. The van der Waals surface area contributed by atoms with E-state index < -0.39 is 0 Å². The Hall–Kier alpha value is -6.12. The second kappa shape index (κ2) is 13.0. The van der Waals surface area contributed by atoms with Gasteiger partial charge in [-0.25, -0.2) is 0 Å². The zero-order valence-corrected chi connectivity index (χ0v) is 28.9. The van der Waals surface area contributed by atoms with Crippen LogP contribution < -0.4 is 9.80 Å². The van der Waals surface area contributed by atoms with Gasteiger partial charge in [0.05, 0.1) is 0 Å². The molecule has 0 radical (unpaired) electrons. The van der Waals surface area contributed by atoms with Crippen molar-refractivity contribution in [2.45, 2.75) is 31.6 Å². The second-order valence-corrected chi connectivity index (χ2v) is 13.9. The van der Waals surface area contributed by atoms with E-state index >= 15 is 0 Å². The summed E-state index contributed by atoms with van der Waals surface area (Å²) in [7, 11) is 0. The number of rotatable bonds is 7. The van der Waals surface area contributed by atoms with Gasteiger partial charge in [-0.2, -0.15) is 0 Å². The Labute approximate surface area is 301 Å². The first-order chi connectivity index (χ1) is 25.2. The van der Waals surface area contributed by atoms with Crippen LogP contribution in [0.3, 0.4) is 0 Å². The molecule has 0 fully saturated rings. The van der Waals surface area contributed by atoms with Crippen molar-refractivity contribution >= 4 is 22.6 Å². The highest BCUT2D eigenvalue weighted by Gasteiger charge is 2.46. The molecular formula is C49H40N2. The Kier molecular flexibility index (Phi) is 7.86. The Morgan fingerprint density at radius 1 is 0.510 bits per heavy atom. The van der Waals surface area contributed by atoms with Crippen LogP contribution in [0.2, 0.25) is 0 Å². The Morgan fingerprint density at radius 2 is 1.04 bits per heavy atom. The monoisotopic (exact) mass is 656 g/mol. The van der Waals surface area contributed by atoms with E-state index in [1.807, 2.05) is 0 Å². The second-order valence-electron chi connectivity index (χ2n) is 13.9. The van der Waals surface area contributed by atoms with Crippen molar-refractivity contribution in [2.24, 2.45) is 0 Å². The number of allylic oxidation sites excluding steroid dienone is 7. The SMILES string of the molecule is CC12CC=C(N(c3ccccc3)c3ccc(-c4ccc(-c5ccccc5)cc4)cc3)C=C1N(C1=CC=C(c3ccccc3)CC1)c1ccccc12. The summed E-state index contributed by atoms with van der Waals surface area (Å²) in [5, 5.41) is 0.